The summed E-state index contributed by atoms with van der Waals surface area (Å²) >= 11 is 0. The maximum atomic E-state index is 12.9. The molecule has 1 saturated heterocycles. The first-order valence-electron chi connectivity index (χ1n) is 6.54. The Hall–Kier alpha value is -1.76. The highest BCUT2D eigenvalue weighted by Gasteiger charge is 2.36. The summed E-state index contributed by atoms with van der Waals surface area (Å²) in [5.41, 5.74) is 4.43. The number of ether oxygens (including phenoxy) is 1. The molecule has 0 bridgehead atoms. The van der Waals surface area contributed by atoms with E-state index in [0.29, 0.717) is 25.4 Å². The van der Waals surface area contributed by atoms with Crippen LogP contribution in [-0.4, -0.2) is 31.1 Å². The molecule has 0 aliphatic carbocycles. The summed E-state index contributed by atoms with van der Waals surface area (Å²) in [4.78, 5) is 1.98. The van der Waals surface area contributed by atoms with Crippen LogP contribution in [0.3, 0.4) is 0 Å². The van der Waals surface area contributed by atoms with Gasteiger partial charge in [-0.15, -0.1) is 0 Å². The second kappa shape index (κ2) is 5.22. The number of halogens is 3. The molecular weight excluding hydrogens is 283 g/mol. The van der Waals surface area contributed by atoms with Crippen LogP contribution in [0.25, 0.3) is 0 Å². The van der Waals surface area contributed by atoms with E-state index in [0.717, 1.165) is 6.07 Å². The molecular formula is C14H18F3N3O. The number of nitrogens with zero attached hydrogens (tertiary/aromatic N) is 1. The molecule has 0 atom stereocenters. The van der Waals surface area contributed by atoms with Gasteiger partial charge in [0.05, 0.1) is 24.3 Å². The molecule has 3 N–H and O–H groups in total. The molecule has 0 saturated carbocycles. The molecule has 4 nitrogen and oxygen atoms in total. The topological polar surface area (TPSA) is 62.3 Å². The third kappa shape index (κ3) is 3.12. The van der Waals surface area contributed by atoms with Gasteiger partial charge in [0.1, 0.15) is 5.84 Å². The predicted molar refractivity (Wildman–Crippen MR) is 74.7 cm³/mol. The van der Waals surface area contributed by atoms with Crippen molar-refractivity contribution in [1.29, 1.82) is 5.41 Å². The summed E-state index contributed by atoms with van der Waals surface area (Å²) in [7, 11) is 0. The number of morpholine rings is 1. The van der Waals surface area contributed by atoms with Crippen molar-refractivity contribution in [1.82, 2.24) is 0 Å². The Bertz CT molecular complexity index is 555. The first-order valence-corrected chi connectivity index (χ1v) is 6.54. The lowest BCUT2D eigenvalue weighted by atomic mass is 9.99. The Kier molecular flexibility index (Phi) is 3.88. The van der Waals surface area contributed by atoms with Crippen LogP contribution in [0, 0.1) is 5.41 Å². The Morgan fingerprint density at radius 3 is 2.57 bits per heavy atom. The highest BCUT2D eigenvalue weighted by Crippen LogP contribution is 2.35. The van der Waals surface area contributed by atoms with E-state index in [-0.39, 0.29) is 11.1 Å². The molecule has 7 heteroatoms. The van der Waals surface area contributed by atoms with Crippen LogP contribution in [0.2, 0.25) is 0 Å². The largest absolute Gasteiger partial charge is 0.417 e. The first-order chi connectivity index (χ1) is 9.63. The number of nitrogen functional groups attached to an aromatic ring is 1. The average molecular weight is 301 g/mol. The lowest BCUT2D eigenvalue weighted by molar-refractivity contribution is -0.137. The lowest BCUT2D eigenvalue weighted by Gasteiger charge is -2.44. The van der Waals surface area contributed by atoms with Crippen molar-refractivity contribution in [3.63, 3.8) is 0 Å². The molecule has 1 aromatic rings. The van der Waals surface area contributed by atoms with Gasteiger partial charge in [-0.05, 0) is 32.0 Å². The normalized spacial score (nSPS) is 18.6. The van der Waals surface area contributed by atoms with E-state index in [1.807, 2.05) is 18.7 Å². The van der Waals surface area contributed by atoms with Crippen molar-refractivity contribution >= 4 is 11.5 Å². The van der Waals surface area contributed by atoms with Gasteiger partial charge in [-0.3, -0.25) is 5.41 Å². The number of rotatable bonds is 2. The van der Waals surface area contributed by atoms with E-state index in [1.165, 1.54) is 12.1 Å². The van der Waals surface area contributed by atoms with Crippen LogP contribution in [-0.2, 0) is 10.9 Å². The number of amidine groups is 1. The van der Waals surface area contributed by atoms with E-state index >= 15 is 0 Å². The maximum Gasteiger partial charge on any atom is 0.417 e. The maximum absolute atomic E-state index is 12.9. The monoisotopic (exact) mass is 301 g/mol. The minimum atomic E-state index is -4.53. The molecule has 2 rings (SSSR count). The fourth-order valence-corrected chi connectivity index (χ4v) is 2.51. The summed E-state index contributed by atoms with van der Waals surface area (Å²) in [6, 6.07) is 3.73. The van der Waals surface area contributed by atoms with Gasteiger partial charge in [-0.25, -0.2) is 0 Å². The molecule has 21 heavy (non-hydrogen) atoms. The van der Waals surface area contributed by atoms with Crippen LogP contribution in [0.5, 0.6) is 0 Å². The summed E-state index contributed by atoms with van der Waals surface area (Å²) in [5.74, 6) is -0.588. The van der Waals surface area contributed by atoms with Crippen molar-refractivity contribution in [2.75, 3.05) is 24.7 Å². The summed E-state index contributed by atoms with van der Waals surface area (Å²) in [6.07, 6.45) is -4.53. The van der Waals surface area contributed by atoms with Crippen LogP contribution in [0.4, 0.5) is 18.9 Å². The molecule has 0 amide bonds. The van der Waals surface area contributed by atoms with Crippen LogP contribution in [0.1, 0.15) is 25.0 Å². The van der Waals surface area contributed by atoms with E-state index in [4.69, 9.17) is 15.9 Å². The van der Waals surface area contributed by atoms with Gasteiger partial charge in [0.25, 0.3) is 0 Å². The number of hydrogen-bond donors (Lipinski definition) is 2. The number of hydrogen-bond acceptors (Lipinski definition) is 3. The molecule has 0 aromatic heterocycles. The van der Waals surface area contributed by atoms with Gasteiger partial charge in [-0.2, -0.15) is 13.2 Å². The van der Waals surface area contributed by atoms with E-state index in [9.17, 15) is 13.2 Å². The van der Waals surface area contributed by atoms with Crippen molar-refractivity contribution in [2.24, 2.45) is 5.73 Å². The number of alkyl halides is 3. The first kappa shape index (κ1) is 15.6. The van der Waals surface area contributed by atoms with E-state index < -0.39 is 17.6 Å². The Labute approximate surface area is 121 Å². The summed E-state index contributed by atoms with van der Waals surface area (Å²) in [6.45, 7) is 5.49. The average Bonchev–Trinajstić information content (AvgIpc) is 2.36. The standard InChI is InChI=1S/C14H18F3N3O/c1-13(2)8-21-6-5-20(13)9-3-4-11(14(15,16)17)10(7-9)12(18)19/h3-4,7H,5-6,8H2,1-2H3,(H3,18,19). The fraction of sp³-hybridized carbons (Fsp3) is 0.500. The summed E-state index contributed by atoms with van der Waals surface area (Å²) in [5, 5.41) is 7.40. The molecule has 0 radical (unpaired) electrons. The van der Waals surface area contributed by atoms with Gasteiger partial charge in [0.15, 0.2) is 0 Å². The molecule has 0 spiro atoms. The zero-order chi connectivity index (χ0) is 15.8. The zero-order valence-electron chi connectivity index (χ0n) is 11.9. The molecule has 1 fully saturated rings. The fourth-order valence-electron chi connectivity index (χ4n) is 2.51. The number of anilines is 1. The second-order valence-corrected chi connectivity index (χ2v) is 5.66. The van der Waals surface area contributed by atoms with Crippen molar-refractivity contribution < 1.29 is 17.9 Å². The molecule has 1 aromatic carbocycles. The minimum Gasteiger partial charge on any atom is -0.384 e. The Morgan fingerprint density at radius 1 is 1.38 bits per heavy atom. The SMILES string of the molecule is CC1(C)COCCN1c1ccc(C(F)(F)F)c(C(=N)N)c1. The van der Waals surface area contributed by atoms with Gasteiger partial charge < -0.3 is 15.4 Å². The molecule has 1 heterocycles. The van der Waals surface area contributed by atoms with Crippen LogP contribution < -0.4 is 10.6 Å². The van der Waals surface area contributed by atoms with Gasteiger partial charge in [0.2, 0.25) is 0 Å². The van der Waals surface area contributed by atoms with Crippen molar-refractivity contribution in [3.05, 3.63) is 29.3 Å². The molecule has 116 valence electrons. The predicted octanol–water partition coefficient (Wildman–Crippen LogP) is 2.60. The van der Waals surface area contributed by atoms with Crippen molar-refractivity contribution in [2.45, 2.75) is 25.6 Å². The van der Waals surface area contributed by atoms with E-state index in [2.05, 4.69) is 0 Å². The second-order valence-electron chi connectivity index (χ2n) is 5.66. The van der Waals surface area contributed by atoms with Crippen LogP contribution >= 0.6 is 0 Å². The van der Waals surface area contributed by atoms with Crippen LogP contribution in [0.15, 0.2) is 18.2 Å². The third-order valence-corrected chi connectivity index (χ3v) is 3.56. The van der Waals surface area contributed by atoms with Gasteiger partial charge in [0, 0.05) is 17.8 Å². The zero-order valence-corrected chi connectivity index (χ0v) is 11.9. The third-order valence-electron chi connectivity index (χ3n) is 3.56. The smallest absolute Gasteiger partial charge is 0.384 e. The Balaban J connectivity index is 2.47. The molecule has 0 unspecified atom stereocenters. The van der Waals surface area contributed by atoms with Gasteiger partial charge in [-0.1, -0.05) is 0 Å². The number of benzene rings is 1. The Morgan fingerprint density at radius 2 is 2.05 bits per heavy atom. The number of nitrogens with two attached hydrogens (primary N) is 1. The highest BCUT2D eigenvalue weighted by molar-refractivity contribution is 5.97. The summed E-state index contributed by atoms with van der Waals surface area (Å²) < 4.78 is 44.3. The minimum absolute atomic E-state index is 0.290. The van der Waals surface area contributed by atoms with Gasteiger partial charge >= 0.3 is 6.18 Å². The molecule has 1 aliphatic heterocycles. The number of nitrogens with one attached hydrogen (secondary N) is 1. The van der Waals surface area contributed by atoms with Crippen molar-refractivity contribution in [3.8, 4) is 0 Å². The lowest BCUT2D eigenvalue weighted by Crippen LogP contribution is -2.53. The van der Waals surface area contributed by atoms with E-state index in [1.54, 1.807) is 0 Å². The molecule has 1 aliphatic rings. The quantitative estimate of drug-likeness (QED) is 0.652. The highest BCUT2D eigenvalue weighted by atomic mass is 19.4.